The summed E-state index contributed by atoms with van der Waals surface area (Å²) < 4.78 is 0. The van der Waals surface area contributed by atoms with Crippen LogP contribution in [0.1, 0.15) is 36.5 Å². The normalized spacial score (nSPS) is 17.3. The summed E-state index contributed by atoms with van der Waals surface area (Å²) in [7, 11) is 0. The summed E-state index contributed by atoms with van der Waals surface area (Å²) in [6.45, 7) is 3.12. The Kier molecular flexibility index (Phi) is 5.03. The summed E-state index contributed by atoms with van der Waals surface area (Å²) >= 11 is 5.77. The van der Waals surface area contributed by atoms with Crippen LogP contribution in [0, 0.1) is 15.5 Å². The number of aliphatic hydroxyl groups is 1. The van der Waals surface area contributed by atoms with Crippen molar-refractivity contribution in [2.24, 2.45) is 5.41 Å². The molecule has 6 nitrogen and oxygen atoms in total. The van der Waals surface area contributed by atoms with Gasteiger partial charge < -0.3 is 10.0 Å². The molecule has 1 saturated heterocycles. The molecule has 0 saturated carbocycles. The average Bonchev–Trinajstić information content (AvgIpc) is 2.54. The highest BCUT2D eigenvalue weighted by Crippen LogP contribution is 2.35. The van der Waals surface area contributed by atoms with E-state index in [1.54, 1.807) is 4.90 Å². The van der Waals surface area contributed by atoms with Crippen LogP contribution in [-0.4, -0.2) is 40.5 Å². The Bertz CT molecular complexity index is 577. The van der Waals surface area contributed by atoms with Crippen molar-refractivity contribution in [2.45, 2.75) is 26.2 Å². The van der Waals surface area contributed by atoms with Crippen LogP contribution >= 0.6 is 11.6 Å². The summed E-state index contributed by atoms with van der Waals surface area (Å²) in [6, 6.07) is 4.08. The van der Waals surface area contributed by atoms with Crippen LogP contribution in [0.5, 0.6) is 0 Å². The van der Waals surface area contributed by atoms with Gasteiger partial charge >= 0.3 is 0 Å². The van der Waals surface area contributed by atoms with Crippen LogP contribution < -0.4 is 0 Å². The number of likely N-dealkylation sites (tertiary alicyclic amines) is 1. The third-order valence-corrected chi connectivity index (χ3v) is 4.82. The molecular formula is C15H19ClN2O4. The molecule has 1 aliphatic heterocycles. The molecule has 1 aliphatic rings. The summed E-state index contributed by atoms with van der Waals surface area (Å²) in [5.41, 5.74) is -0.350. The lowest BCUT2D eigenvalue weighted by molar-refractivity contribution is -0.385. The third kappa shape index (κ3) is 3.23. The van der Waals surface area contributed by atoms with Gasteiger partial charge in [0.1, 0.15) is 5.56 Å². The molecule has 0 atom stereocenters. The largest absolute Gasteiger partial charge is 0.396 e. The molecule has 2 rings (SSSR count). The van der Waals surface area contributed by atoms with E-state index in [0.29, 0.717) is 25.9 Å². The molecule has 0 unspecified atom stereocenters. The van der Waals surface area contributed by atoms with Crippen molar-refractivity contribution >= 4 is 23.2 Å². The first kappa shape index (κ1) is 16.7. The van der Waals surface area contributed by atoms with Crippen molar-refractivity contribution < 1.29 is 14.8 Å². The van der Waals surface area contributed by atoms with Gasteiger partial charge in [0.15, 0.2) is 0 Å². The van der Waals surface area contributed by atoms with E-state index in [4.69, 9.17) is 11.6 Å². The fourth-order valence-corrected chi connectivity index (χ4v) is 2.98. The van der Waals surface area contributed by atoms with Gasteiger partial charge in [0, 0.05) is 30.8 Å². The lowest BCUT2D eigenvalue weighted by Crippen LogP contribution is -2.44. The number of aliphatic hydroxyl groups excluding tert-OH is 1. The molecule has 0 spiro atoms. The van der Waals surface area contributed by atoms with Crippen molar-refractivity contribution in [3.8, 4) is 0 Å². The molecule has 1 heterocycles. The van der Waals surface area contributed by atoms with Crippen molar-refractivity contribution in [1.29, 1.82) is 0 Å². The second kappa shape index (κ2) is 6.62. The lowest BCUT2D eigenvalue weighted by atomic mass is 9.77. The monoisotopic (exact) mass is 326 g/mol. The summed E-state index contributed by atoms with van der Waals surface area (Å²) in [5, 5.41) is 20.9. The Hall–Kier alpha value is -1.66. The highest BCUT2D eigenvalue weighted by Gasteiger charge is 2.35. The Morgan fingerprint density at radius 2 is 2.09 bits per heavy atom. The molecular weight excluding hydrogens is 308 g/mol. The molecule has 1 amide bonds. The average molecular weight is 327 g/mol. The topological polar surface area (TPSA) is 83.7 Å². The first-order valence-corrected chi connectivity index (χ1v) is 7.64. The Balaban J connectivity index is 2.19. The number of amides is 1. The first-order chi connectivity index (χ1) is 10.4. The predicted octanol–water partition coefficient (Wildman–Crippen LogP) is 2.87. The number of carbonyl (C=O) groups is 1. The Morgan fingerprint density at radius 1 is 1.45 bits per heavy atom. The van der Waals surface area contributed by atoms with Gasteiger partial charge in [-0.25, -0.2) is 0 Å². The van der Waals surface area contributed by atoms with Gasteiger partial charge in [-0.15, -0.1) is 0 Å². The summed E-state index contributed by atoms with van der Waals surface area (Å²) in [4.78, 5) is 24.7. The van der Waals surface area contributed by atoms with Crippen molar-refractivity contribution in [1.82, 2.24) is 4.90 Å². The van der Waals surface area contributed by atoms with Gasteiger partial charge in [-0.05, 0) is 36.8 Å². The van der Waals surface area contributed by atoms with Crippen LogP contribution in [0.25, 0.3) is 0 Å². The molecule has 1 aromatic carbocycles. The number of nitro groups is 1. The van der Waals surface area contributed by atoms with E-state index in [0.717, 1.165) is 6.42 Å². The standard InChI is InChI=1S/C15H19ClN2O4/c1-2-15(10-19)5-7-17(8-6-15)14(20)12-4-3-11(16)9-13(12)18(21)22/h3-4,9,19H,2,5-8,10H2,1H3. The smallest absolute Gasteiger partial charge is 0.283 e. The van der Waals surface area contributed by atoms with Gasteiger partial charge in [-0.1, -0.05) is 18.5 Å². The van der Waals surface area contributed by atoms with Gasteiger partial charge in [-0.2, -0.15) is 0 Å². The van der Waals surface area contributed by atoms with E-state index in [1.807, 2.05) is 6.92 Å². The second-order valence-electron chi connectivity index (χ2n) is 5.72. The molecule has 7 heteroatoms. The fourth-order valence-electron chi connectivity index (χ4n) is 2.81. The second-order valence-corrected chi connectivity index (χ2v) is 6.16. The van der Waals surface area contributed by atoms with E-state index in [9.17, 15) is 20.0 Å². The number of rotatable bonds is 4. The minimum Gasteiger partial charge on any atom is -0.396 e. The summed E-state index contributed by atoms with van der Waals surface area (Å²) in [6.07, 6.45) is 2.26. The molecule has 1 N–H and O–H groups in total. The highest BCUT2D eigenvalue weighted by molar-refractivity contribution is 6.31. The number of halogens is 1. The van der Waals surface area contributed by atoms with Crippen molar-refractivity contribution in [3.63, 3.8) is 0 Å². The van der Waals surface area contributed by atoms with Gasteiger partial charge in [-0.3, -0.25) is 14.9 Å². The van der Waals surface area contributed by atoms with E-state index >= 15 is 0 Å². The third-order valence-electron chi connectivity index (χ3n) is 4.58. The number of piperidine rings is 1. The van der Waals surface area contributed by atoms with Crippen LogP contribution in [0.15, 0.2) is 18.2 Å². The number of carbonyl (C=O) groups excluding carboxylic acids is 1. The van der Waals surface area contributed by atoms with E-state index in [1.165, 1.54) is 18.2 Å². The maximum atomic E-state index is 12.5. The van der Waals surface area contributed by atoms with Crippen molar-refractivity contribution in [2.75, 3.05) is 19.7 Å². The van der Waals surface area contributed by atoms with Crippen molar-refractivity contribution in [3.05, 3.63) is 38.9 Å². The zero-order chi connectivity index (χ0) is 16.3. The number of nitrogens with zero attached hydrogens (tertiary/aromatic N) is 2. The molecule has 1 fully saturated rings. The Morgan fingerprint density at radius 3 is 2.59 bits per heavy atom. The van der Waals surface area contributed by atoms with Crippen LogP contribution in [0.4, 0.5) is 5.69 Å². The minimum atomic E-state index is -0.590. The molecule has 0 aromatic heterocycles. The fraction of sp³-hybridized carbons (Fsp3) is 0.533. The van der Waals surface area contributed by atoms with E-state index in [2.05, 4.69) is 0 Å². The zero-order valence-corrected chi connectivity index (χ0v) is 13.2. The van der Waals surface area contributed by atoms with E-state index < -0.39 is 4.92 Å². The quantitative estimate of drug-likeness (QED) is 0.681. The molecule has 0 radical (unpaired) electrons. The maximum absolute atomic E-state index is 12.5. The molecule has 0 bridgehead atoms. The van der Waals surface area contributed by atoms with Crippen LogP contribution in [0.3, 0.4) is 0 Å². The highest BCUT2D eigenvalue weighted by atomic mass is 35.5. The van der Waals surface area contributed by atoms with Crippen LogP contribution in [-0.2, 0) is 0 Å². The molecule has 22 heavy (non-hydrogen) atoms. The predicted molar refractivity (Wildman–Crippen MR) is 83.1 cm³/mol. The zero-order valence-electron chi connectivity index (χ0n) is 12.4. The van der Waals surface area contributed by atoms with Gasteiger partial charge in [0.25, 0.3) is 11.6 Å². The van der Waals surface area contributed by atoms with E-state index in [-0.39, 0.29) is 34.2 Å². The molecule has 120 valence electrons. The maximum Gasteiger partial charge on any atom is 0.283 e. The number of benzene rings is 1. The number of hydrogen-bond donors (Lipinski definition) is 1. The van der Waals surface area contributed by atoms with Crippen LogP contribution in [0.2, 0.25) is 5.02 Å². The minimum absolute atomic E-state index is 0.0578. The number of nitro benzene ring substituents is 1. The first-order valence-electron chi connectivity index (χ1n) is 7.26. The molecule has 0 aliphatic carbocycles. The lowest BCUT2D eigenvalue weighted by Gasteiger charge is -2.40. The molecule has 1 aromatic rings. The summed E-state index contributed by atoms with van der Waals surface area (Å²) in [5.74, 6) is -0.356. The SMILES string of the molecule is CCC1(CO)CCN(C(=O)c2ccc(Cl)cc2[N+](=O)[O-])CC1. The van der Waals surface area contributed by atoms with Gasteiger partial charge in [0.05, 0.1) is 4.92 Å². The van der Waals surface area contributed by atoms with Gasteiger partial charge in [0.2, 0.25) is 0 Å². The number of hydrogen-bond acceptors (Lipinski definition) is 4. The Labute approximate surface area is 133 Å².